The molecule has 0 aliphatic carbocycles. The van der Waals surface area contributed by atoms with Crippen molar-refractivity contribution in [1.29, 1.82) is 0 Å². The molecule has 5 aromatic carbocycles. The topological polar surface area (TPSA) is 19.4 Å². The number of pyridine rings is 1. The van der Waals surface area contributed by atoms with Crippen LogP contribution >= 0.6 is 7.92 Å². The molecule has 6 aromatic rings. The number of hydrogen-bond donors (Lipinski definition) is 0. The quantitative estimate of drug-likeness (QED) is 0.138. The highest BCUT2D eigenvalue weighted by Gasteiger charge is 2.24. The van der Waals surface area contributed by atoms with Crippen molar-refractivity contribution < 1.29 is 0 Å². The number of aromatic nitrogens is 1. The van der Waals surface area contributed by atoms with Gasteiger partial charge in [0, 0.05) is 38.5 Å². The number of benzene rings is 5. The third-order valence-corrected chi connectivity index (χ3v) is 11.4. The summed E-state index contributed by atoms with van der Waals surface area (Å²) in [6.45, 7) is 6.25. The predicted molar refractivity (Wildman–Crippen MR) is 193 cm³/mol. The number of nitrogens with zero attached hydrogens (tertiary/aromatic N) is 3. The van der Waals surface area contributed by atoms with Crippen LogP contribution in [0.15, 0.2) is 146 Å². The van der Waals surface area contributed by atoms with Crippen LogP contribution in [0.5, 0.6) is 0 Å². The minimum atomic E-state index is -0.846. The SMILES string of the molecule is C[C@H](c1ccccc1)N(C)Cc1ccc2nc(P(c3ccccc3)c3ccccc3)c(CN(C)[C@H](C)c3ccccc3)cc2c1. The van der Waals surface area contributed by atoms with Crippen molar-refractivity contribution in [2.45, 2.75) is 39.0 Å². The van der Waals surface area contributed by atoms with Gasteiger partial charge in [0.15, 0.2) is 0 Å². The summed E-state index contributed by atoms with van der Waals surface area (Å²) >= 11 is 0. The minimum Gasteiger partial charge on any atom is -0.295 e. The van der Waals surface area contributed by atoms with Crippen LogP contribution < -0.4 is 16.0 Å². The molecule has 0 fully saturated rings. The van der Waals surface area contributed by atoms with E-state index < -0.39 is 7.92 Å². The van der Waals surface area contributed by atoms with Crippen LogP contribution in [0.1, 0.15) is 48.2 Å². The maximum Gasteiger partial charge on any atom is 0.0773 e. The van der Waals surface area contributed by atoms with E-state index in [1.54, 1.807) is 0 Å². The Morgan fingerprint density at radius 3 is 1.53 bits per heavy atom. The molecule has 226 valence electrons. The fourth-order valence-corrected chi connectivity index (χ4v) is 8.38. The second kappa shape index (κ2) is 14.3. The van der Waals surface area contributed by atoms with Gasteiger partial charge in [0.25, 0.3) is 0 Å². The van der Waals surface area contributed by atoms with E-state index in [0.717, 1.165) is 18.6 Å². The lowest BCUT2D eigenvalue weighted by atomic mass is 10.0. The third-order valence-electron chi connectivity index (χ3n) is 8.91. The van der Waals surface area contributed by atoms with E-state index in [-0.39, 0.29) is 6.04 Å². The first-order valence-electron chi connectivity index (χ1n) is 15.8. The molecule has 0 N–H and O–H groups in total. The molecule has 0 unspecified atom stereocenters. The summed E-state index contributed by atoms with van der Waals surface area (Å²) in [4.78, 5) is 10.4. The molecule has 3 nitrogen and oxygen atoms in total. The van der Waals surface area contributed by atoms with Crippen LogP contribution in [-0.2, 0) is 13.1 Å². The van der Waals surface area contributed by atoms with E-state index in [4.69, 9.17) is 4.98 Å². The van der Waals surface area contributed by atoms with Crippen LogP contribution in [0.2, 0.25) is 0 Å². The van der Waals surface area contributed by atoms with E-state index in [9.17, 15) is 0 Å². The normalized spacial score (nSPS) is 13.0. The average molecular weight is 608 g/mol. The number of rotatable bonds is 11. The number of hydrogen-bond acceptors (Lipinski definition) is 3. The highest BCUT2D eigenvalue weighted by atomic mass is 31.1. The zero-order valence-corrected chi connectivity index (χ0v) is 27.6. The molecule has 0 aliphatic heterocycles. The van der Waals surface area contributed by atoms with Crippen molar-refractivity contribution in [3.63, 3.8) is 0 Å². The van der Waals surface area contributed by atoms with Gasteiger partial charge in [0.1, 0.15) is 0 Å². The lowest BCUT2D eigenvalue weighted by Crippen LogP contribution is -2.30. The average Bonchev–Trinajstić information content (AvgIpc) is 3.09. The Balaban J connectivity index is 1.41. The second-order valence-corrected chi connectivity index (χ2v) is 14.1. The first kappa shape index (κ1) is 30.9. The molecule has 0 saturated heterocycles. The molecule has 45 heavy (non-hydrogen) atoms. The highest BCUT2D eigenvalue weighted by Crippen LogP contribution is 2.35. The van der Waals surface area contributed by atoms with Gasteiger partial charge in [-0.3, -0.25) is 9.80 Å². The van der Waals surface area contributed by atoms with Gasteiger partial charge >= 0.3 is 0 Å². The Kier molecular flexibility index (Phi) is 9.81. The van der Waals surface area contributed by atoms with E-state index in [2.05, 4.69) is 183 Å². The van der Waals surface area contributed by atoms with Gasteiger partial charge in [0.05, 0.1) is 11.0 Å². The molecule has 1 aromatic heterocycles. The molecule has 0 aliphatic rings. The summed E-state index contributed by atoms with van der Waals surface area (Å²) in [5.41, 5.74) is 7.48. The first-order valence-corrected chi connectivity index (χ1v) is 17.2. The Morgan fingerprint density at radius 2 is 1.02 bits per heavy atom. The van der Waals surface area contributed by atoms with Crippen molar-refractivity contribution in [2.75, 3.05) is 14.1 Å². The standard InChI is InChI=1S/C41H42N3P/c1-31(34-17-9-5-10-18-34)43(3)29-33-25-26-40-36(27-33)28-37(30-44(4)32(2)35-19-11-6-12-20-35)41(42-40)45(38-21-13-7-14-22-38)39-23-15-8-16-24-39/h5-28,31-32H,29-30H2,1-4H3/t31-,32-/m1/s1. The zero-order valence-electron chi connectivity index (χ0n) is 26.7. The maximum absolute atomic E-state index is 5.50. The van der Waals surface area contributed by atoms with Gasteiger partial charge in [-0.2, -0.15) is 0 Å². The third kappa shape index (κ3) is 7.24. The number of fused-ring (bicyclic) bond motifs is 1. The summed E-state index contributed by atoms with van der Waals surface area (Å²) in [5.74, 6) is 0. The summed E-state index contributed by atoms with van der Waals surface area (Å²) < 4.78 is 0. The van der Waals surface area contributed by atoms with Crippen LogP contribution in [0.3, 0.4) is 0 Å². The molecule has 2 atom stereocenters. The maximum atomic E-state index is 5.50. The summed E-state index contributed by atoms with van der Waals surface area (Å²) in [5, 5.41) is 3.83. The first-order chi connectivity index (χ1) is 22.0. The van der Waals surface area contributed by atoms with Crippen molar-refractivity contribution >= 4 is 34.9 Å². The zero-order chi connectivity index (χ0) is 31.2. The van der Waals surface area contributed by atoms with Crippen molar-refractivity contribution in [2.24, 2.45) is 0 Å². The van der Waals surface area contributed by atoms with Gasteiger partial charge in [-0.25, -0.2) is 4.98 Å². The van der Waals surface area contributed by atoms with Crippen molar-refractivity contribution in [1.82, 2.24) is 14.8 Å². The van der Waals surface area contributed by atoms with Crippen LogP contribution in [0.25, 0.3) is 10.9 Å². The fourth-order valence-electron chi connectivity index (χ4n) is 6.02. The van der Waals surface area contributed by atoms with Gasteiger partial charge in [0.2, 0.25) is 0 Å². The molecular formula is C41H42N3P. The van der Waals surface area contributed by atoms with Crippen molar-refractivity contribution in [3.05, 3.63) is 168 Å². The fraction of sp³-hybridized carbons (Fsp3) is 0.195. The van der Waals surface area contributed by atoms with Gasteiger partial charge in [-0.15, -0.1) is 0 Å². The molecule has 6 rings (SSSR count). The summed E-state index contributed by atoms with van der Waals surface area (Å²) in [7, 11) is 3.60. The van der Waals surface area contributed by atoms with E-state index in [0.29, 0.717) is 6.04 Å². The molecular weight excluding hydrogens is 565 g/mol. The lowest BCUT2D eigenvalue weighted by Gasteiger charge is -2.28. The van der Waals surface area contributed by atoms with Crippen LogP contribution in [0, 0.1) is 0 Å². The highest BCUT2D eigenvalue weighted by molar-refractivity contribution is 7.79. The Bertz CT molecular complexity index is 1770. The second-order valence-electron chi connectivity index (χ2n) is 12.0. The molecule has 0 amide bonds. The Labute approximate surface area is 269 Å². The van der Waals surface area contributed by atoms with E-state index >= 15 is 0 Å². The molecule has 0 radical (unpaired) electrons. The molecule has 4 heteroatoms. The van der Waals surface area contributed by atoms with Crippen LogP contribution in [-0.4, -0.2) is 28.9 Å². The van der Waals surface area contributed by atoms with Gasteiger partial charge < -0.3 is 0 Å². The van der Waals surface area contributed by atoms with Gasteiger partial charge in [-0.1, -0.05) is 127 Å². The molecule has 0 bridgehead atoms. The Hall–Kier alpha value is -4.14. The summed E-state index contributed by atoms with van der Waals surface area (Å²) in [6.07, 6.45) is 0. The molecule has 1 heterocycles. The lowest BCUT2D eigenvalue weighted by molar-refractivity contribution is 0.253. The summed E-state index contributed by atoms with van der Waals surface area (Å²) in [6, 6.07) is 53.2. The predicted octanol–water partition coefficient (Wildman–Crippen LogP) is 8.38. The Morgan fingerprint density at radius 1 is 0.556 bits per heavy atom. The largest absolute Gasteiger partial charge is 0.295 e. The molecule has 0 spiro atoms. The monoisotopic (exact) mass is 607 g/mol. The molecule has 0 saturated carbocycles. The van der Waals surface area contributed by atoms with Crippen molar-refractivity contribution in [3.8, 4) is 0 Å². The van der Waals surface area contributed by atoms with Crippen LogP contribution in [0.4, 0.5) is 0 Å². The van der Waals surface area contributed by atoms with E-state index in [1.807, 2.05) is 0 Å². The minimum absolute atomic E-state index is 0.272. The smallest absolute Gasteiger partial charge is 0.0773 e. The van der Waals surface area contributed by atoms with Gasteiger partial charge in [-0.05, 0) is 79.0 Å². The van der Waals surface area contributed by atoms with E-state index in [1.165, 1.54) is 43.7 Å².